The molecular weight excluding hydrogens is 228 g/mol. The van der Waals surface area contributed by atoms with Crippen LogP contribution in [-0.2, 0) is 12.8 Å². The van der Waals surface area contributed by atoms with Crippen molar-refractivity contribution < 1.29 is 4.52 Å². The third kappa shape index (κ3) is 2.73. The van der Waals surface area contributed by atoms with Gasteiger partial charge in [-0.05, 0) is 37.1 Å². The van der Waals surface area contributed by atoms with Crippen molar-refractivity contribution >= 4 is 0 Å². The van der Waals surface area contributed by atoms with Gasteiger partial charge in [0.15, 0.2) is 5.82 Å². The SMILES string of the molecule is c1cc(Cc2noc(CC3CCCN3)n2)ccn1. The molecule has 1 unspecified atom stereocenters. The average molecular weight is 244 g/mol. The molecular formula is C13H16N4O. The maximum absolute atomic E-state index is 5.28. The van der Waals surface area contributed by atoms with E-state index in [0.717, 1.165) is 30.2 Å². The van der Waals surface area contributed by atoms with Gasteiger partial charge in [-0.15, -0.1) is 0 Å². The smallest absolute Gasteiger partial charge is 0.228 e. The molecule has 0 bridgehead atoms. The summed E-state index contributed by atoms with van der Waals surface area (Å²) in [6, 6.07) is 4.43. The molecule has 1 N–H and O–H groups in total. The highest BCUT2D eigenvalue weighted by Gasteiger charge is 2.18. The van der Waals surface area contributed by atoms with Crippen LogP contribution in [0.1, 0.15) is 30.1 Å². The van der Waals surface area contributed by atoms with Crippen LogP contribution in [0, 0.1) is 0 Å². The summed E-state index contributed by atoms with van der Waals surface area (Å²) in [5.41, 5.74) is 1.15. The molecule has 1 fully saturated rings. The molecule has 18 heavy (non-hydrogen) atoms. The number of pyridine rings is 1. The van der Waals surface area contributed by atoms with Crippen molar-refractivity contribution in [3.05, 3.63) is 41.8 Å². The van der Waals surface area contributed by atoms with Crippen LogP contribution in [0.3, 0.4) is 0 Å². The van der Waals surface area contributed by atoms with E-state index in [0.29, 0.717) is 12.5 Å². The van der Waals surface area contributed by atoms with Crippen LogP contribution in [0.2, 0.25) is 0 Å². The van der Waals surface area contributed by atoms with Crippen molar-refractivity contribution in [2.75, 3.05) is 6.54 Å². The zero-order valence-corrected chi connectivity index (χ0v) is 10.2. The summed E-state index contributed by atoms with van der Waals surface area (Å²) in [6.45, 7) is 1.10. The molecule has 1 aliphatic rings. The first-order valence-electron chi connectivity index (χ1n) is 6.34. The van der Waals surface area contributed by atoms with Crippen LogP contribution in [0.4, 0.5) is 0 Å². The summed E-state index contributed by atoms with van der Waals surface area (Å²) in [5.74, 6) is 1.48. The van der Waals surface area contributed by atoms with E-state index in [1.165, 1.54) is 12.8 Å². The number of nitrogens with one attached hydrogen (secondary N) is 1. The Hall–Kier alpha value is -1.75. The quantitative estimate of drug-likeness (QED) is 0.879. The van der Waals surface area contributed by atoms with E-state index in [4.69, 9.17) is 4.52 Å². The molecule has 0 aromatic carbocycles. The highest BCUT2D eigenvalue weighted by molar-refractivity contribution is 5.14. The Kier molecular flexibility index (Phi) is 3.32. The summed E-state index contributed by atoms with van der Waals surface area (Å²) in [6.07, 6.45) is 7.52. The normalized spacial score (nSPS) is 19.2. The summed E-state index contributed by atoms with van der Waals surface area (Å²) in [7, 11) is 0. The average Bonchev–Trinajstić information content (AvgIpc) is 3.03. The van der Waals surface area contributed by atoms with Gasteiger partial charge in [0.05, 0.1) is 0 Å². The van der Waals surface area contributed by atoms with E-state index in [2.05, 4.69) is 20.4 Å². The van der Waals surface area contributed by atoms with Crippen molar-refractivity contribution in [3.8, 4) is 0 Å². The molecule has 3 rings (SSSR count). The molecule has 0 spiro atoms. The first-order valence-corrected chi connectivity index (χ1v) is 6.34. The molecule has 0 amide bonds. The van der Waals surface area contributed by atoms with Crippen LogP contribution in [0.15, 0.2) is 29.0 Å². The maximum Gasteiger partial charge on any atom is 0.228 e. The van der Waals surface area contributed by atoms with Crippen molar-refractivity contribution in [2.24, 2.45) is 0 Å². The molecule has 0 saturated carbocycles. The highest BCUT2D eigenvalue weighted by atomic mass is 16.5. The molecule has 2 aromatic heterocycles. The van der Waals surface area contributed by atoms with Crippen LogP contribution < -0.4 is 5.32 Å². The first-order chi connectivity index (χ1) is 8.90. The number of rotatable bonds is 4. The molecule has 1 aliphatic heterocycles. The van der Waals surface area contributed by atoms with E-state index in [1.807, 2.05) is 12.1 Å². The van der Waals surface area contributed by atoms with Crippen LogP contribution >= 0.6 is 0 Å². The van der Waals surface area contributed by atoms with Crippen molar-refractivity contribution in [2.45, 2.75) is 31.7 Å². The van der Waals surface area contributed by atoms with Gasteiger partial charge in [0.25, 0.3) is 0 Å². The fourth-order valence-electron chi connectivity index (χ4n) is 2.27. The fraction of sp³-hybridized carbons (Fsp3) is 0.462. The van der Waals surface area contributed by atoms with Crippen molar-refractivity contribution in [1.29, 1.82) is 0 Å². The van der Waals surface area contributed by atoms with Gasteiger partial charge in [-0.3, -0.25) is 4.98 Å². The van der Waals surface area contributed by atoms with Gasteiger partial charge >= 0.3 is 0 Å². The summed E-state index contributed by atoms with van der Waals surface area (Å²) in [4.78, 5) is 8.42. The third-order valence-electron chi connectivity index (χ3n) is 3.21. The standard InChI is InChI=1S/C13H16N4O/c1-2-11(15-5-1)9-13-16-12(17-18-13)8-10-3-6-14-7-4-10/h3-4,6-7,11,15H,1-2,5,8-9H2. The van der Waals surface area contributed by atoms with E-state index < -0.39 is 0 Å². The second-order valence-corrected chi connectivity index (χ2v) is 4.63. The fourth-order valence-corrected chi connectivity index (χ4v) is 2.27. The van der Waals surface area contributed by atoms with Gasteiger partial charge in [-0.1, -0.05) is 5.16 Å². The Balaban J connectivity index is 1.62. The lowest BCUT2D eigenvalue weighted by atomic mass is 10.1. The third-order valence-corrected chi connectivity index (χ3v) is 3.21. The Bertz CT molecular complexity index is 491. The molecule has 5 heteroatoms. The minimum Gasteiger partial charge on any atom is -0.339 e. The van der Waals surface area contributed by atoms with E-state index in [1.54, 1.807) is 12.4 Å². The minimum atomic E-state index is 0.499. The number of nitrogens with zero attached hydrogens (tertiary/aromatic N) is 3. The molecule has 0 aliphatic carbocycles. The van der Waals surface area contributed by atoms with Gasteiger partial charge in [-0.2, -0.15) is 4.98 Å². The minimum absolute atomic E-state index is 0.499. The lowest BCUT2D eigenvalue weighted by Gasteiger charge is -2.04. The number of aromatic nitrogens is 3. The van der Waals surface area contributed by atoms with Crippen molar-refractivity contribution in [1.82, 2.24) is 20.4 Å². The molecule has 1 saturated heterocycles. The van der Waals surface area contributed by atoms with Crippen molar-refractivity contribution in [3.63, 3.8) is 0 Å². The second kappa shape index (κ2) is 5.27. The van der Waals surface area contributed by atoms with Crippen LogP contribution in [-0.4, -0.2) is 27.7 Å². The predicted octanol–water partition coefficient (Wildman–Crippen LogP) is 1.35. The van der Waals surface area contributed by atoms with E-state index in [9.17, 15) is 0 Å². The monoisotopic (exact) mass is 244 g/mol. The molecule has 3 heterocycles. The van der Waals surface area contributed by atoms with Gasteiger partial charge < -0.3 is 9.84 Å². The van der Waals surface area contributed by atoms with Gasteiger partial charge in [0.2, 0.25) is 5.89 Å². The predicted molar refractivity (Wildman–Crippen MR) is 66.1 cm³/mol. The van der Waals surface area contributed by atoms with E-state index in [-0.39, 0.29) is 0 Å². The van der Waals surface area contributed by atoms with Gasteiger partial charge in [0, 0.05) is 31.3 Å². The lowest BCUT2D eigenvalue weighted by molar-refractivity contribution is 0.360. The number of hydrogen-bond acceptors (Lipinski definition) is 5. The Morgan fingerprint density at radius 2 is 2.22 bits per heavy atom. The molecule has 94 valence electrons. The molecule has 2 aromatic rings. The molecule has 0 radical (unpaired) electrons. The topological polar surface area (TPSA) is 63.8 Å². The van der Waals surface area contributed by atoms with Crippen LogP contribution in [0.25, 0.3) is 0 Å². The Morgan fingerprint density at radius 3 is 3.00 bits per heavy atom. The summed E-state index contributed by atoms with van der Waals surface area (Å²) in [5, 5.41) is 7.45. The van der Waals surface area contributed by atoms with Crippen LogP contribution in [0.5, 0.6) is 0 Å². The largest absolute Gasteiger partial charge is 0.339 e. The lowest BCUT2D eigenvalue weighted by Crippen LogP contribution is -2.23. The highest BCUT2D eigenvalue weighted by Crippen LogP contribution is 2.12. The zero-order chi connectivity index (χ0) is 12.2. The van der Waals surface area contributed by atoms with Gasteiger partial charge in [-0.25, -0.2) is 0 Å². The maximum atomic E-state index is 5.28. The second-order valence-electron chi connectivity index (χ2n) is 4.63. The molecule has 5 nitrogen and oxygen atoms in total. The molecule has 1 atom stereocenters. The first kappa shape index (κ1) is 11.3. The van der Waals surface area contributed by atoms with E-state index >= 15 is 0 Å². The Labute approximate surface area is 106 Å². The summed E-state index contributed by atoms with van der Waals surface area (Å²) >= 11 is 0. The zero-order valence-electron chi connectivity index (χ0n) is 10.2. The summed E-state index contributed by atoms with van der Waals surface area (Å²) < 4.78 is 5.28. The van der Waals surface area contributed by atoms with Gasteiger partial charge in [0.1, 0.15) is 0 Å². The number of hydrogen-bond donors (Lipinski definition) is 1. The Morgan fingerprint density at radius 1 is 1.33 bits per heavy atom.